The topological polar surface area (TPSA) is 59.4 Å². The van der Waals surface area contributed by atoms with Crippen LogP contribution in [0.4, 0.5) is 13.2 Å². The van der Waals surface area contributed by atoms with Gasteiger partial charge < -0.3 is 9.84 Å². The minimum absolute atomic E-state index is 0.0346. The SMILES string of the molecule is Cc1ncc(C2=C(c3cc(OCc4ccc(Cl)cc4)ccc3C(F)(F)F)CCC2)cc1C(=O)O. The number of allylic oxidation sites excluding steroid dienone is 2. The van der Waals surface area contributed by atoms with E-state index in [1.165, 1.54) is 24.4 Å². The number of carbonyl (C=O) groups is 1. The van der Waals surface area contributed by atoms with Gasteiger partial charge >= 0.3 is 12.1 Å². The van der Waals surface area contributed by atoms with Crippen molar-refractivity contribution in [2.45, 2.75) is 39.0 Å². The van der Waals surface area contributed by atoms with Crippen LogP contribution in [-0.2, 0) is 12.8 Å². The number of rotatable bonds is 6. The van der Waals surface area contributed by atoms with Gasteiger partial charge in [-0.1, -0.05) is 23.7 Å². The number of ether oxygens (including phenoxy) is 1. The summed E-state index contributed by atoms with van der Waals surface area (Å²) in [5.41, 5.74) is 2.25. The predicted octanol–water partition coefficient (Wildman–Crippen LogP) is 7.43. The highest BCUT2D eigenvalue weighted by atomic mass is 35.5. The van der Waals surface area contributed by atoms with Crippen LogP contribution in [0, 0.1) is 6.92 Å². The molecule has 1 aliphatic rings. The molecule has 1 aliphatic carbocycles. The number of carboxylic acid groups (broad SMARTS) is 1. The molecule has 0 atom stereocenters. The third-order valence-electron chi connectivity index (χ3n) is 5.82. The lowest BCUT2D eigenvalue weighted by atomic mass is 9.93. The van der Waals surface area contributed by atoms with Crippen molar-refractivity contribution in [2.75, 3.05) is 0 Å². The zero-order valence-electron chi connectivity index (χ0n) is 18.2. The molecule has 0 aliphatic heterocycles. The molecule has 0 amide bonds. The molecule has 0 saturated heterocycles. The number of halogens is 4. The van der Waals surface area contributed by atoms with E-state index in [4.69, 9.17) is 16.3 Å². The third-order valence-corrected chi connectivity index (χ3v) is 6.08. The van der Waals surface area contributed by atoms with E-state index in [1.54, 1.807) is 31.2 Å². The lowest BCUT2D eigenvalue weighted by molar-refractivity contribution is -0.137. The van der Waals surface area contributed by atoms with E-state index in [0.29, 0.717) is 52.4 Å². The van der Waals surface area contributed by atoms with E-state index in [1.807, 2.05) is 0 Å². The number of carboxylic acids is 1. The first-order chi connectivity index (χ1) is 16.1. The Kier molecular flexibility index (Phi) is 6.66. The van der Waals surface area contributed by atoms with E-state index in [-0.39, 0.29) is 17.7 Å². The molecule has 1 heterocycles. The van der Waals surface area contributed by atoms with Crippen LogP contribution < -0.4 is 4.74 Å². The zero-order valence-corrected chi connectivity index (χ0v) is 19.0. The number of pyridine rings is 1. The average Bonchev–Trinajstić information content (AvgIpc) is 3.28. The van der Waals surface area contributed by atoms with E-state index in [2.05, 4.69) is 4.98 Å². The number of hydrogen-bond donors (Lipinski definition) is 1. The van der Waals surface area contributed by atoms with Crippen molar-refractivity contribution >= 4 is 28.7 Å². The number of alkyl halides is 3. The van der Waals surface area contributed by atoms with Crippen LogP contribution in [0.3, 0.4) is 0 Å². The lowest BCUT2D eigenvalue weighted by Gasteiger charge is -2.18. The highest BCUT2D eigenvalue weighted by molar-refractivity contribution is 6.30. The molecule has 34 heavy (non-hydrogen) atoms. The van der Waals surface area contributed by atoms with Gasteiger partial charge in [0.05, 0.1) is 16.8 Å². The molecular weight excluding hydrogens is 467 g/mol. The fraction of sp³-hybridized carbons (Fsp3) is 0.231. The fourth-order valence-electron chi connectivity index (χ4n) is 4.13. The van der Waals surface area contributed by atoms with Gasteiger partial charge in [-0.05, 0) is 90.4 Å². The summed E-state index contributed by atoms with van der Waals surface area (Å²) in [6.07, 6.45) is -1.39. The Morgan fingerprint density at radius 2 is 1.79 bits per heavy atom. The smallest absolute Gasteiger partial charge is 0.417 e. The van der Waals surface area contributed by atoms with Crippen LogP contribution >= 0.6 is 11.6 Å². The van der Waals surface area contributed by atoms with Crippen LogP contribution in [0.5, 0.6) is 5.75 Å². The highest BCUT2D eigenvalue weighted by Gasteiger charge is 2.35. The average molecular weight is 488 g/mol. The van der Waals surface area contributed by atoms with Gasteiger partial charge in [-0.2, -0.15) is 13.2 Å². The molecule has 1 aromatic heterocycles. The van der Waals surface area contributed by atoms with Gasteiger partial charge in [0.2, 0.25) is 0 Å². The largest absolute Gasteiger partial charge is 0.489 e. The van der Waals surface area contributed by atoms with E-state index in [9.17, 15) is 23.1 Å². The molecule has 1 N–H and O–H groups in total. The van der Waals surface area contributed by atoms with Crippen LogP contribution in [-0.4, -0.2) is 16.1 Å². The summed E-state index contributed by atoms with van der Waals surface area (Å²) in [5.74, 6) is -0.814. The Bertz CT molecular complexity index is 1270. The summed E-state index contributed by atoms with van der Waals surface area (Å²) in [5, 5.41) is 10.0. The molecule has 4 nitrogen and oxygen atoms in total. The van der Waals surface area contributed by atoms with Crippen molar-refractivity contribution in [2.24, 2.45) is 0 Å². The van der Waals surface area contributed by atoms with Gasteiger partial charge in [-0.25, -0.2) is 4.79 Å². The Labute approximate surface area is 199 Å². The molecule has 0 spiro atoms. The first-order valence-electron chi connectivity index (χ1n) is 10.6. The van der Waals surface area contributed by atoms with Gasteiger partial charge in [-0.15, -0.1) is 0 Å². The Morgan fingerprint density at radius 1 is 1.09 bits per heavy atom. The van der Waals surface area contributed by atoms with Gasteiger partial charge in [0, 0.05) is 11.2 Å². The Morgan fingerprint density at radius 3 is 2.47 bits per heavy atom. The number of benzene rings is 2. The second-order valence-corrected chi connectivity index (χ2v) is 8.53. The van der Waals surface area contributed by atoms with Crippen LogP contribution in [0.2, 0.25) is 5.02 Å². The van der Waals surface area contributed by atoms with E-state index < -0.39 is 17.7 Å². The molecular formula is C26H21ClF3NO3. The van der Waals surface area contributed by atoms with Crippen molar-refractivity contribution in [3.05, 3.63) is 93.3 Å². The fourth-order valence-corrected chi connectivity index (χ4v) is 4.26. The van der Waals surface area contributed by atoms with Gasteiger partial charge in [0.25, 0.3) is 0 Å². The highest BCUT2D eigenvalue weighted by Crippen LogP contribution is 2.45. The molecule has 8 heteroatoms. The number of nitrogens with zero attached hydrogens (tertiary/aromatic N) is 1. The first-order valence-corrected chi connectivity index (χ1v) is 11.0. The molecule has 3 aromatic rings. The summed E-state index contributed by atoms with van der Waals surface area (Å²) in [6.45, 7) is 1.76. The molecule has 176 valence electrons. The predicted molar refractivity (Wildman–Crippen MR) is 124 cm³/mol. The normalized spacial score (nSPS) is 13.9. The molecule has 0 fully saturated rings. The summed E-state index contributed by atoms with van der Waals surface area (Å²) in [7, 11) is 0. The maximum atomic E-state index is 13.9. The zero-order chi connectivity index (χ0) is 24.5. The lowest BCUT2D eigenvalue weighted by Crippen LogP contribution is -2.09. The van der Waals surface area contributed by atoms with E-state index in [0.717, 1.165) is 11.6 Å². The summed E-state index contributed by atoms with van der Waals surface area (Å²) in [4.78, 5) is 15.7. The maximum absolute atomic E-state index is 13.9. The van der Waals surface area contributed by atoms with Crippen molar-refractivity contribution in [3.8, 4) is 5.75 Å². The van der Waals surface area contributed by atoms with Crippen LogP contribution in [0.15, 0.2) is 54.7 Å². The molecule has 0 saturated carbocycles. The second kappa shape index (κ2) is 9.50. The molecule has 0 radical (unpaired) electrons. The molecule has 4 rings (SSSR count). The van der Waals surface area contributed by atoms with Gasteiger partial charge in [-0.3, -0.25) is 4.98 Å². The van der Waals surface area contributed by atoms with Crippen LogP contribution in [0.25, 0.3) is 11.1 Å². The Hall–Kier alpha value is -3.32. The van der Waals surface area contributed by atoms with E-state index >= 15 is 0 Å². The Balaban J connectivity index is 1.76. The molecule has 0 unspecified atom stereocenters. The van der Waals surface area contributed by atoms with Crippen molar-refractivity contribution < 1.29 is 27.8 Å². The van der Waals surface area contributed by atoms with Crippen molar-refractivity contribution in [1.29, 1.82) is 0 Å². The summed E-state index contributed by atoms with van der Waals surface area (Å²) < 4.78 is 47.5. The minimum Gasteiger partial charge on any atom is -0.489 e. The molecule has 2 aromatic carbocycles. The van der Waals surface area contributed by atoms with Crippen molar-refractivity contribution in [1.82, 2.24) is 4.98 Å². The van der Waals surface area contributed by atoms with Crippen LogP contribution in [0.1, 0.15) is 57.6 Å². The maximum Gasteiger partial charge on any atom is 0.417 e. The monoisotopic (exact) mass is 487 g/mol. The summed E-state index contributed by atoms with van der Waals surface area (Å²) in [6, 6.07) is 12.3. The van der Waals surface area contributed by atoms with Gasteiger partial charge in [0.1, 0.15) is 12.4 Å². The quantitative estimate of drug-likeness (QED) is 0.392. The molecule has 0 bridgehead atoms. The summed E-state index contributed by atoms with van der Waals surface area (Å²) >= 11 is 5.89. The number of aromatic nitrogens is 1. The third kappa shape index (κ3) is 5.09. The second-order valence-electron chi connectivity index (χ2n) is 8.09. The minimum atomic E-state index is -4.55. The first kappa shape index (κ1) is 23.8. The van der Waals surface area contributed by atoms with Crippen molar-refractivity contribution in [3.63, 3.8) is 0 Å². The van der Waals surface area contributed by atoms with Gasteiger partial charge in [0.15, 0.2) is 0 Å². The number of aryl methyl sites for hydroxylation is 1. The number of aromatic carboxylic acids is 1. The number of hydrogen-bond acceptors (Lipinski definition) is 3. The standard InChI is InChI=1S/C26H21ClF3NO3/c1-15-22(25(32)33)11-17(13-31-15)20-3-2-4-21(20)23-12-19(9-10-24(23)26(28,29)30)34-14-16-5-7-18(27)8-6-16/h5-13H,2-4,14H2,1H3,(H,32,33).